The zero-order chi connectivity index (χ0) is 42.6. The summed E-state index contributed by atoms with van der Waals surface area (Å²) in [6, 6.07) is 74.3. The van der Waals surface area contributed by atoms with E-state index in [4.69, 9.17) is 19.9 Å². The van der Waals surface area contributed by atoms with Crippen molar-refractivity contribution in [3.05, 3.63) is 229 Å². The summed E-state index contributed by atoms with van der Waals surface area (Å²) in [7, 11) is 0. The van der Waals surface area contributed by atoms with E-state index in [-0.39, 0.29) is 0 Å². The van der Waals surface area contributed by atoms with Crippen molar-refractivity contribution in [3.8, 4) is 56.5 Å². The molecule has 0 atom stereocenters. The van der Waals surface area contributed by atoms with Gasteiger partial charge >= 0.3 is 0 Å². The van der Waals surface area contributed by atoms with Crippen molar-refractivity contribution in [1.29, 1.82) is 0 Å². The van der Waals surface area contributed by atoms with Gasteiger partial charge in [-0.25, -0.2) is 19.9 Å². The summed E-state index contributed by atoms with van der Waals surface area (Å²) in [5.41, 5.74) is 13.1. The molecule has 0 N–H and O–H groups in total. The maximum absolute atomic E-state index is 5.50. The van der Waals surface area contributed by atoms with Gasteiger partial charge in [0.05, 0.1) is 16.6 Å². The van der Waals surface area contributed by atoms with Crippen molar-refractivity contribution in [1.82, 2.24) is 19.9 Å². The Hall–Kier alpha value is -7.77. The van der Waals surface area contributed by atoms with Crippen LogP contribution in [0.2, 0.25) is 0 Å². The Morgan fingerprint density at radius 3 is 1.80 bits per heavy atom. The second-order valence-corrected chi connectivity index (χ2v) is 18.9. The summed E-state index contributed by atoms with van der Waals surface area (Å²) in [6.45, 7) is 0. The number of thiophene rings is 1. The summed E-state index contributed by atoms with van der Waals surface area (Å²) in [4.78, 5) is 23.7. The highest BCUT2D eigenvalue weighted by Gasteiger charge is 2.50. The van der Waals surface area contributed by atoms with Crippen LogP contribution in [0.15, 0.2) is 216 Å². The maximum atomic E-state index is 5.50. The number of pyridine rings is 1. The number of benzene rings is 9. The minimum Gasteiger partial charge on any atom is -0.247 e. The molecule has 9 aromatic carbocycles. The highest BCUT2D eigenvalue weighted by atomic mass is 32.2. The predicted molar refractivity (Wildman–Crippen MR) is 269 cm³/mol. The third-order valence-electron chi connectivity index (χ3n) is 13.4. The Kier molecular flexibility index (Phi) is 7.97. The number of para-hydroxylation sites is 1. The zero-order valence-electron chi connectivity index (χ0n) is 34.7. The van der Waals surface area contributed by atoms with Crippen LogP contribution in [-0.4, -0.2) is 19.9 Å². The minimum atomic E-state index is -0.476. The van der Waals surface area contributed by atoms with Crippen LogP contribution in [0.4, 0.5) is 0 Å². The fourth-order valence-electron chi connectivity index (χ4n) is 10.7. The van der Waals surface area contributed by atoms with Gasteiger partial charge in [0.25, 0.3) is 0 Å². The molecule has 0 saturated heterocycles. The van der Waals surface area contributed by atoms with Crippen LogP contribution in [0.5, 0.6) is 0 Å². The van der Waals surface area contributed by atoms with E-state index in [2.05, 4.69) is 188 Å². The van der Waals surface area contributed by atoms with Crippen LogP contribution >= 0.6 is 23.1 Å². The fraction of sp³-hybridized carbons (Fsp3) is 0.0169. The Balaban J connectivity index is 1.00. The average Bonchev–Trinajstić information content (AvgIpc) is 3.90. The number of hydrogen-bond donors (Lipinski definition) is 0. The molecule has 0 radical (unpaired) electrons. The summed E-state index contributed by atoms with van der Waals surface area (Å²) in [5.74, 6) is 1.90. The Bertz CT molecular complexity index is 3900. The lowest BCUT2D eigenvalue weighted by Crippen LogP contribution is -2.31. The Morgan fingerprint density at radius 1 is 0.369 bits per heavy atom. The van der Waals surface area contributed by atoms with Crippen molar-refractivity contribution in [2.75, 3.05) is 0 Å². The molecule has 0 fully saturated rings. The van der Waals surface area contributed by atoms with Crippen LogP contribution in [-0.2, 0) is 5.41 Å². The number of fused-ring (bicyclic) bond motifs is 16. The van der Waals surface area contributed by atoms with Gasteiger partial charge in [0.15, 0.2) is 17.5 Å². The van der Waals surface area contributed by atoms with Crippen molar-refractivity contribution < 1.29 is 0 Å². The molecule has 1 aliphatic carbocycles. The molecule has 0 amide bonds. The van der Waals surface area contributed by atoms with Crippen molar-refractivity contribution >= 4 is 64.9 Å². The molecule has 65 heavy (non-hydrogen) atoms. The van der Waals surface area contributed by atoms with Crippen LogP contribution in [0.25, 0.3) is 98.4 Å². The van der Waals surface area contributed by atoms with Crippen molar-refractivity contribution in [3.63, 3.8) is 0 Å². The monoisotopic (exact) mass is 862 g/mol. The number of rotatable bonds is 4. The summed E-state index contributed by atoms with van der Waals surface area (Å²) < 4.78 is 2.41. The lowest BCUT2D eigenvalue weighted by Gasteiger charge is -2.39. The normalized spacial score (nSPS) is 13.3. The molecule has 0 bridgehead atoms. The molecule has 1 spiro atoms. The van der Waals surface area contributed by atoms with Crippen LogP contribution < -0.4 is 0 Å². The summed E-state index contributed by atoms with van der Waals surface area (Å²) in [5, 5.41) is 5.92. The second-order valence-electron chi connectivity index (χ2n) is 16.8. The van der Waals surface area contributed by atoms with Gasteiger partial charge < -0.3 is 0 Å². The van der Waals surface area contributed by atoms with E-state index in [1.54, 1.807) is 11.3 Å². The van der Waals surface area contributed by atoms with Crippen molar-refractivity contribution in [2.24, 2.45) is 0 Å². The molecule has 4 nitrogen and oxygen atoms in total. The van der Waals surface area contributed by atoms with Gasteiger partial charge in [-0.05, 0) is 69.8 Å². The molecule has 302 valence electrons. The topological polar surface area (TPSA) is 51.6 Å². The highest BCUT2D eigenvalue weighted by molar-refractivity contribution is 7.99. The van der Waals surface area contributed by atoms with Crippen LogP contribution in [0, 0.1) is 0 Å². The molecule has 6 heteroatoms. The van der Waals surface area contributed by atoms with Gasteiger partial charge in [0.1, 0.15) is 0 Å². The molecular formula is C59H34N4S2. The Labute approximate surface area is 383 Å². The number of aromatic nitrogens is 4. The van der Waals surface area contributed by atoms with E-state index < -0.39 is 5.41 Å². The standard InChI is InChI=1S/C59H34N4S2/c1-2-16-35(17-3-1)56-61-57(63-58(62-56)43-24-15-23-39-38-20-6-11-29-49(38)65-55(39)43)37-19-14-18-36(34-37)54-42-32-33-47-53(52(42)41-22-5-10-28-48(41)60-54)40-21-4-7-25-44(40)59(47)45-26-8-12-30-50(45)64-51-31-13-9-27-46(51)59/h1-34H. The summed E-state index contributed by atoms with van der Waals surface area (Å²) in [6.07, 6.45) is 0. The van der Waals surface area contributed by atoms with E-state index in [1.165, 1.54) is 68.7 Å². The smallest absolute Gasteiger partial charge is 0.165 e. The van der Waals surface area contributed by atoms with Gasteiger partial charge in [0.2, 0.25) is 0 Å². The lowest BCUT2D eigenvalue weighted by atomic mass is 9.67. The van der Waals surface area contributed by atoms with Gasteiger partial charge in [-0.15, -0.1) is 11.3 Å². The first-order valence-corrected chi connectivity index (χ1v) is 23.5. The van der Waals surface area contributed by atoms with Crippen molar-refractivity contribution in [2.45, 2.75) is 15.2 Å². The first-order chi connectivity index (χ1) is 32.2. The first kappa shape index (κ1) is 36.7. The summed E-state index contributed by atoms with van der Waals surface area (Å²) >= 11 is 3.66. The van der Waals surface area contributed by atoms with Crippen LogP contribution in [0.1, 0.15) is 22.3 Å². The van der Waals surface area contributed by atoms with E-state index >= 15 is 0 Å². The lowest BCUT2D eigenvalue weighted by molar-refractivity contribution is 0.723. The number of nitrogens with zero attached hydrogens (tertiary/aromatic N) is 4. The van der Waals surface area contributed by atoms with E-state index in [1.807, 2.05) is 30.0 Å². The van der Waals surface area contributed by atoms with Gasteiger partial charge in [-0.1, -0.05) is 182 Å². The molecule has 0 unspecified atom stereocenters. The highest BCUT2D eigenvalue weighted by Crippen LogP contribution is 2.63. The van der Waals surface area contributed by atoms with Gasteiger partial charge in [-0.2, -0.15) is 0 Å². The molecule has 3 aromatic heterocycles. The number of hydrogen-bond acceptors (Lipinski definition) is 6. The molecule has 2 aliphatic rings. The molecular weight excluding hydrogens is 829 g/mol. The molecule has 12 aromatic rings. The first-order valence-electron chi connectivity index (χ1n) is 21.9. The van der Waals surface area contributed by atoms with E-state index in [0.29, 0.717) is 17.5 Å². The third kappa shape index (κ3) is 5.32. The quantitative estimate of drug-likeness (QED) is 0.165. The molecule has 4 heterocycles. The zero-order valence-corrected chi connectivity index (χ0v) is 36.4. The molecule has 0 saturated carbocycles. The van der Waals surface area contributed by atoms with E-state index in [9.17, 15) is 0 Å². The van der Waals surface area contributed by atoms with E-state index in [0.717, 1.165) is 44.2 Å². The largest absolute Gasteiger partial charge is 0.247 e. The predicted octanol–water partition coefficient (Wildman–Crippen LogP) is 15.4. The molecule has 14 rings (SSSR count). The molecule has 1 aliphatic heterocycles. The SMILES string of the molecule is c1ccc(-c2nc(-c3cccc(-c4nc5ccccc5c5c6c(ccc45)C4(c5ccccc5Sc5ccccc54)c4ccccc4-6)c3)nc(-c3cccc4c3sc3ccccc34)n2)cc1. The fourth-order valence-corrected chi connectivity index (χ4v) is 13.1. The second kappa shape index (κ2) is 14.1. The minimum absolute atomic E-state index is 0.476. The third-order valence-corrected chi connectivity index (χ3v) is 15.8. The Morgan fingerprint density at radius 2 is 0.969 bits per heavy atom. The average molecular weight is 863 g/mol. The van der Waals surface area contributed by atoms with Crippen LogP contribution in [0.3, 0.4) is 0 Å². The van der Waals surface area contributed by atoms with Gasteiger partial charge in [-0.3, -0.25) is 0 Å². The maximum Gasteiger partial charge on any atom is 0.165 e. The van der Waals surface area contributed by atoms with Gasteiger partial charge in [0, 0.05) is 68.4 Å².